The summed E-state index contributed by atoms with van der Waals surface area (Å²) in [6.45, 7) is 3.49. The second-order valence-electron chi connectivity index (χ2n) is 4.62. The van der Waals surface area contributed by atoms with Gasteiger partial charge in [0.15, 0.2) is 0 Å². The number of rotatable bonds is 7. The van der Waals surface area contributed by atoms with Crippen molar-refractivity contribution in [2.24, 2.45) is 5.92 Å². The van der Waals surface area contributed by atoms with Gasteiger partial charge in [0.2, 0.25) is 10.0 Å². The van der Waals surface area contributed by atoms with Gasteiger partial charge < -0.3 is 9.84 Å². The average Bonchev–Trinajstić information content (AvgIpc) is 2.43. The summed E-state index contributed by atoms with van der Waals surface area (Å²) in [5.74, 6) is -1.02. The Morgan fingerprint density at radius 1 is 1.48 bits per heavy atom. The van der Waals surface area contributed by atoms with Gasteiger partial charge in [-0.1, -0.05) is 20.3 Å². The van der Waals surface area contributed by atoms with Gasteiger partial charge in [-0.3, -0.25) is 4.79 Å². The Bertz CT molecular complexity index is 617. The molecule has 0 aliphatic rings. The molecule has 21 heavy (non-hydrogen) atoms. The molecule has 2 N–H and O–H groups in total. The van der Waals surface area contributed by atoms with Crippen molar-refractivity contribution in [2.75, 3.05) is 7.11 Å². The zero-order valence-electron chi connectivity index (χ0n) is 12.0. The molecule has 0 aliphatic heterocycles. The fourth-order valence-electron chi connectivity index (χ4n) is 1.70. The third kappa shape index (κ3) is 4.42. The van der Waals surface area contributed by atoms with Crippen LogP contribution in [0.2, 0.25) is 0 Å². The second-order valence-corrected chi connectivity index (χ2v) is 7.16. The Hall–Kier alpha value is -1.12. The van der Waals surface area contributed by atoms with Crippen LogP contribution >= 0.6 is 15.9 Å². The molecule has 0 fully saturated rings. The van der Waals surface area contributed by atoms with Gasteiger partial charge in [-0.05, 0) is 40.0 Å². The molecule has 0 aliphatic carbocycles. The molecule has 1 aromatic carbocycles. The van der Waals surface area contributed by atoms with Gasteiger partial charge in [-0.25, -0.2) is 8.42 Å². The third-order valence-corrected chi connectivity index (χ3v) is 5.61. The summed E-state index contributed by atoms with van der Waals surface area (Å²) in [5, 5.41) is 9.18. The monoisotopic (exact) mass is 379 g/mol. The highest BCUT2D eigenvalue weighted by atomic mass is 79.9. The van der Waals surface area contributed by atoms with E-state index in [1.54, 1.807) is 13.8 Å². The first kappa shape index (κ1) is 17.9. The van der Waals surface area contributed by atoms with Crippen molar-refractivity contribution in [3.8, 4) is 5.75 Å². The molecule has 0 saturated carbocycles. The molecule has 0 unspecified atom stereocenters. The Kier molecular flexibility index (Phi) is 6.18. The van der Waals surface area contributed by atoms with E-state index in [0.717, 1.165) is 0 Å². The number of aliphatic carboxylic acids is 1. The van der Waals surface area contributed by atoms with Crippen LogP contribution < -0.4 is 9.46 Å². The lowest BCUT2D eigenvalue weighted by Crippen LogP contribution is -2.44. The van der Waals surface area contributed by atoms with Crippen molar-refractivity contribution in [1.82, 2.24) is 4.72 Å². The SMILES string of the molecule is CC[C@H](C)[C@H](NS(=O)(=O)c1ccc(OC)cc1Br)C(=O)O. The summed E-state index contributed by atoms with van der Waals surface area (Å²) >= 11 is 3.16. The molecule has 0 amide bonds. The number of benzene rings is 1. The molecule has 0 spiro atoms. The van der Waals surface area contributed by atoms with Gasteiger partial charge in [0.1, 0.15) is 11.8 Å². The van der Waals surface area contributed by atoms with Gasteiger partial charge in [0, 0.05) is 4.47 Å². The quantitative estimate of drug-likeness (QED) is 0.757. The number of methoxy groups -OCH3 is 1. The summed E-state index contributed by atoms with van der Waals surface area (Å²) in [7, 11) is -2.48. The maximum absolute atomic E-state index is 12.3. The summed E-state index contributed by atoms with van der Waals surface area (Å²) in [4.78, 5) is 11.2. The lowest BCUT2D eigenvalue weighted by atomic mass is 10.0. The van der Waals surface area contributed by atoms with Crippen molar-refractivity contribution >= 4 is 31.9 Å². The molecule has 1 rings (SSSR count). The zero-order chi connectivity index (χ0) is 16.2. The molecule has 1 aromatic rings. The predicted octanol–water partition coefficient (Wildman–Crippen LogP) is 2.24. The van der Waals surface area contributed by atoms with Crippen LogP contribution in [0.1, 0.15) is 20.3 Å². The lowest BCUT2D eigenvalue weighted by Gasteiger charge is -2.20. The summed E-state index contributed by atoms with van der Waals surface area (Å²) in [5.41, 5.74) is 0. The van der Waals surface area contributed by atoms with Crippen LogP contribution in [0.15, 0.2) is 27.6 Å². The van der Waals surface area contributed by atoms with E-state index in [4.69, 9.17) is 4.74 Å². The van der Waals surface area contributed by atoms with E-state index in [-0.39, 0.29) is 10.8 Å². The van der Waals surface area contributed by atoms with Gasteiger partial charge in [-0.15, -0.1) is 0 Å². The van der Waals surface area contributed by atoms with Gasteiger partial charge in [0.25, 0.3) is 0 Å². The first-order valence-electron chi connectivity index (χ1n) is 6.31. The number of carboxylic acids is 1. The molecule has 0 radical (unpaired) electrons. The van der Waals surface area contributed by atoms with Crippen LogP contribution in [-0.2, 0) is 14.8 Å². The Morgan fingerprint density at radius 3 is 2.52 bits per heavy atom. The van der Waals surface area contributed by atoms with Crippen molar-refractivity contribution in [3.05, 3.63) is 22.7 Å². The summed E-state index contributed by atoms with van der Waals surface area (Å²) < 4.78 is 32.2. The standard InChI is InChI=1S/C13H18BrNO5S/c1-4-8(2)12(13(16)17)15-21(18,19)11-6-5-9(20-3)7-10(11)14/h5-8,12,15H,4H2,1-3H3,(H,16,17)/t8-,12-/m0/s1. The average molecular weight is 380 g/mol. The largest absolute Gasteiger partial charge is 0.497 e. The van der Waals surface area contributed by atoms with E-state index >= 15 is 0 Å². The molecule has 0 aromatic heterocycles. The third-order valence-electron chi connectivity index (χ3n) is 3.19. The fourth-order valence-corrected chi connectivity index (χ4v) is 4.06. The molecule has 118 valence electrons. The van der Waals surface area contributed by atoms with Crippen molar-refractivity contribution < 1.29 is 23.1 Å². The number of nitrogens with one attached hydrogen (secondary N) is 1. The summed E-state index contributed by atoms with van der Waals surface area (Å²) in [6.07, 6.45) is 0.545. The highest BCUT2D eigenvalue weighted by Gasteiger charge is 2.30. The minimum atomic E-state index is -3.95. The van der Waals surface area contributed by atoms with E-state index in [2.05, 4.69) is 20.7 Å². The van der Waals surface area contributed by atoms with Crippen LogP contribution in [0.25, 0.3) is 0 Å². The van der Waals surface area contributed by atoms with Crippen molar-refractivity contribution in [1.29, 1.82) is 0 Å². The lowest BCUT2D eigenvalue weighted by molar-refractivity contribution is -0.140. The van der Waals surface area contributed by atoms with Crippen LogP contribution in [0.5, 0.6) is 5.75 Å². The molecule has 0 bridgehead atoms. The first-order chi connectivity index (χ1) is 9.72. The minimum Gasteiger partial charge on any atom is -0.497 e. The van der Waals surface area contributed by atoms with Crippen LogP contribution in [0.3, 0.4) is 0 Å². The summed E-state index contributed by atoms with van der Waals surface area (Å²) in [6, 6.07) is 3.20. The maximum atomic E-state index is 12.3. The van der Waals surface area contributed by atoms with Gasteiger partial charge in [0.05, 0.1) is 12.0 Å². The van der Waals surface area contributed by atoms with E-state index in [1.165, 1.54) is 25.3 Å². The molecule has 0 heterocycles. The Labute approximate surface area is 132 Å². The molecule has 2 atom stereocenters. The Morgan fingerprint density at radius 2 is 2.10 bits per heavy atom. The van der Waals surface area contributed by atoms with Crippen molar-refractivity contribution in [2.45, 2.75) is 31.2 Å². The smallest absolute Gasteiger partial charge is 0.322 e. The highest BCUT2D eigenvalue weighted by molar-refractivity contribution is 9.10. The minimum absolute atomic E-state index is 0.0298. The first-order valence-corrected chi connectivity index (χ1v) is 8.59. The van der Waals surface area contributed by atoms with E-state index in [1.807, 2.05) is 0 Å². The van der Waals surface area contributed by atoms with E-state index in [0.29, 0.717) is 16.6 Å². The van der Waals surface area contributed by atoms with Gasteiger partial charge >= 0.3 is 5.97 Å². The fraction of sp³-hybridized carbons (Fsp3) is 0.462. The molecule has 0 saturated heterocycles. The number of halogens is 1. The highest BCUT2D eigenvalue weighted by Crippen LogP contribution is 2.27. The molecular weight excluding hydrogens is 362 g/mol. The van der Waals surface area contributed by atoms with Gasteiger partial charge in [-0.2, -0.15) is 4.72 Å². The maximum Gasteiger partial charge on any atom is 0.322 e. The number of carboxylic acid groups (broad SMARTS) is 1. The number of sulfonamides is 1. The van der Waals surface area contributed by atoms with Crippen LogP contribution in [-0.4, -0.2) is 32.6 Å². The number of ether oxygens (including phenoxy) is 1. The van der Waals surface area contributed by atoms with E-state index < -0.39 is 22.0 Å². The second kappa shape index (κ2) is 7.24. The van der Waals surface area contributed by atoms with Crippen molar-refractivity contribution in [3.63, 3.8) is 0 Å². The van der Waals surface area contributed by atoms with E-state index in [9.17, 15) is 18.3 Å². The topological polar surface area (TPSA) is 92.7 Å². The molecular formula is C13H18BrNO5S. The Balaban J connectivity index is 3.13. The van der Waals surface area contributed by atoms with Crippen LogP contribution in [0, 0.1) is 5.92 Å². The van der Waals surface area contributed by atoms with Crippen LogP contribution in [0.4, 0.5) is 0 Å². The molecule has 8 heteroatoms. The normalized spacial score (nSPS) is 14.5. The number of hydrogen-bond donors (Lipinski definition) is 2. The number of hydrogen-bond acceptors (Lipinski definition) is 4. The molecule has 6 nitrogen and oxygen atoms in total. The predicted molar refractivity (Wildman–Crippen MR) is 81.9 cm³/mol. The number of carbonyl (C=O) groups is 1. The zero-order valence-corrected chi connectivity index (χ0v) is 14.4.